The summed E-state index contributed by atoms with van der Waals surface area (Å²) in [5.41, 5.74) is 0. The van der Waals surface area contributed by atoms with Crippen LogP contribution in [0, 0.1) is 0 Å². The maximum Gasteiger partial charge on any atom is 0.246 e. The highest BCUT2D eigenvalue weighted by atomic mass is 79.9. The highest BCUT2D eigenvalue weighted by Gasteiger charge is 2.24. The van der Waals surface area contributed by atoms with E-state index in [0.717, 1.165) is 29.8 Å². The average Bonchev–Trinajstić information content (AvgIpc) is 2.78. The summed E-state index contributed by atoms with van der Waals surface area (Å²) in [4.78, 5) is 17.9. The summed E-state index contributed by atoms with van der Waals surface area (Å²) in [5.74, 6) is 0.884. The van der Waals surface area contributed by atoms with Crippen LogP contribution in [-0.2, 0) is 9.53 Å². The lowest BCUT2D eigenvalue weighted by molar-refractivity contribution is -0.125. The van der Waals surface area contributed by atoms with Crippen LogP contribution in [0.1, 0.15) is 6.42 Å². The Hall–Kier alpha value is -1.14. The number of hydrogen-bond acceptors (Lipinski definition) is 4. The second-order valence-corrected chi connectivity index (χ2v) is 5.18. The summed E-state index contributed by atoms with van der Waals surface area (Å²) in [6.45, 7) is 1.82. The first kappa shape index (κ1) is 13.3. The van der Waals surface area contributed by atoms with Crippen LogP contribution in [0.15, 0.2) is 22.8 Å². The van der Waals surface area contributed by atoms with Gasteiger partial charge in [-0.1, -0.05) is 0 Å². The molecule has 0 saturated carbocycles. The molecule has 1 aromatic rings. The smallest absolute Gasteiger partial charge is 0.246 e. The first-order valence-corrected chi connectivity index (χ1v) is 6.63. The second kappa shape index (κ2) is 6.15. The third-order valence-corrected chi connectivity index (χ3v) is 3.33. The van der Waals surface area contributed by atoms with E-state index in [1.54, 1.807) is 6.20 Å². The lowest BCUT2D eigenvalue weighted by Gasteiger charge is -2.17. The molecule has 1 aliphatic rings. The van der Waals surface area contributed by atoms with Gasteiger partial charge in [0.2, 0.25) is 5.91 Å². The molecule has 1 aliphatic heterocycles. The SMILES string of the molecule is COCC(=O)NC1CCN(c2ccc(Br)cn2)C1. The molecule has 1 aromatic heterocycles. The molecule has 18 heavy (non-hydrogen) atoms. The predicted molar refractivity (Wildman–Crippen MR) is 72.6 cm³/mol. The first-order valence-electron chi connectivity index (χ1n) is 5.84. The van der Waals surface area contributed by atoms with Crippen LogP contribution in [-0.4, -0.2) is 43.7 Å². The van der Waals surface area contributed by atoms with Crippen molar-refractivity contribution >= 4 is 27.7 Å². The van der Waals surface area contributed by atoms with Gasteiger partial charge in [-0.15, -0.1) is 0 Å². The van der Waals surface area contributed by atoms with Crippen molar-refractivity contribution in [3.05, 3.63) is 22.8 Å². The number of nitrogens with one attached hydrogen (secondary N) is 1. The van der Waals surface area contributed by atoms with Crippen LogP contribution < -0.4 is 10.2 Å². The highest BCUT2D eigenvalue weighted by molar-refractivity contribution is 9.10. The van der Waals surface area contributed by atoms with Crippen molar-refractivity contribution < 1.29 is 9.53 Å². The molecule has 98 valence electrons. The van der Waals surface area contributed by atoms with E-state index >= 15 is 0 Å². The van der Waals surface area contributed by atoms with Crippen LogP contribution >= 0.6 is 15.9 Å². The predicted octanol–water partition coefficient (Wildman–Crippen LogP) is 1.19. The Morgan fingerprint density at radius 2 is 2.50 bits per heavy atom. The van der Waals surface area contributed by atoms with Gasteiger partial charge in [-0.25, -0.2) is 4.98 Å². The van der Waals surface area contributed by atoms with E-state index in [9.17, 15) is 4.79 Å². The van der Waals surface area contributed by atoms with Gasteiger partial charge in [-0.3, -0.25) is 4.79 Å². The number of hydrogen-bond donors (Lipinski definition) is 1. The second-order valence-electron chi connectivity index (χ2n) is 4.27. The van der Waals surface area contributed by atoms with Crippen LogP contribution in [0.3, 0.4) is 0 Å². The molecule has 1 unspecified atom stereocenters. The molecule has 1 fully saturated rings. The third-order valence-electron chi connectivity index (χ3n) is 2.86. The van der Waals surface area contributed by atoms with Gasteiger partial charge in [-0.05, 0) is 34.5 Å². The highest BCUT2D eigenvalue weighted by Crippen LogP contribution is 2.19. The molecule has 1 N–H and O–H groups in total. The molecule has 2 rings (SSSR count). The standard InChI is InChI=1S/C12H16BrN3O2/c1-18-8-12(17)15-10-4-5-16(7-10)11-3-2-9(13)6-14-11/h2-3,6,10H,4-5,7-8H2,1H3,(H,15,17). The van der Waals surface area contributed by atoms with Crippen molar-refractivity contribution in [1.29, 1.82) is 0 Å². The van der Waals surface area contributed by atoms with Crippen molar-refractivity contribution in [3.8, 4) is 0 Å². The summed E-state index contributed by atoms with van der Waals surface area (Å²) in [6, 6.07) is 4.13. The molecule has 0 radical (unpaired) electrons. The minimum atomic E-state index is -0.0619. The number of aromatic nitrogens is 1. The van der Waals surface area contributed by atoms with Gasteiger partial charge in [-0.2, -0.15) is 0 Å². The van der Waals surface area contributed by atoms with Gasteiger partial charge in [0.25, 0.3) is 0 Å². The lowest BCUT2D eigenvalue weighted by Crippen LogP contribution is -2.39. The van der Waals surface area contributed by atoms with Gasteiger partial charge in [0.15, 0.2) is 0 Å². The molecule has 0 bridgehead atoms. The Balaban J connectivity index is 1.88. The van der Waals surface area contributed by atoms with Gasteiger partial charge >= 0.3 is 0 Å². The number of halogens is 1. The topological polar surface area (TPSA) is 54.5 Å². The fourth-order valence-corrected chi connectivity index (χ4v) is 2.28. The molecule has 6 heteroatoms. The van der Waals surface area contributed by atoms with Crippen molar-refractivity contribution in [2.75, 3.05) is 31.7 Å². The molecule has 0 spiro atoms. The third kappa shape index (κ3) is 3.43. The van der Waals surface area contributed by atoms with Crippen LogP contribution in [0.5, 0.6) is 0 Å². The number of nitrogens with zero attached hydrogens (tertiary/aromatic N) is 2. The number of rotatable bonds is 4. The zero-order valence-electron chi connectivity index (χ0n) is 10.2. The molecule has 1 saturated heterocycles. The summed E-state index contributed by atoms with van der Waals surface area (Å²) >= 11 is 3.36. The van der Waals surface area contributed by atoms with E-state index in [4.69, 9.17) is 4.74 Å². The fourth-order valence-electron chi connectivity index (χ4n) is 2.04. The van der Waals surface area contributed by atoms with Crippen LogP contribution in [0.2, 0.25) is 0 Å². The van der Waals surface area contributed by atoms with Gasteiger partial charge in [0.05, 0.1) is 0 Å². The monoisotopic (exact) mass is 313 g/mol. The number of ether oxygens (including phenoxy) is 1. The zero-order chi connectivity index (χ0) is 13.0. The quantitative estimate of drug-likeness (QED) is 0.907. The van der Waals surface area contributed by atoms with E-state index in [-0.39, 0.29) is 18.6 Å². The maximum absolute atomic E-state index is 11.4. The average molecular weight is 314 g/mol. The Morgan fingerprint density at radius 3 is 3.17 bits per heavy atom. The zero-order valence-corrected chi connectivity index (χ0v) is 11.8. The van der Waals surface area contributed by atoms with E-state index in [1.165, 1.54) is 7.11 Å². The van der Waals surface area contributed by atoms with Crippen molar-refractivity contribution in [2.24, 2.45) is 0 Å². The summed E-state index contributed by atoms with van der Waals surface area (Å²) in [7, 11) is 1.52. The Bertz CT molecular complexity index is 410. The van der Waals surface area contributed by atoms with Crippen molar-refractivity contribution in [2.45, 2.75) is 12.5 Å². The van der Waals surface area contributed by atoms with Crippen LogP contribution in [0.25, 0.3) is 0 Å². The molecule has 1 amide bonds. The van der Waals surface area contributed by atoms with E-state index < -0.39 is 0 Å². The number of pyridine rings is 1. The van der Waals surface area contributed by atoms with Gasteiger partial charge in [0, 0.05) is 36.9 Å². The first-order chi connectivity index (χ1) is 8.69. The molecule has 0 aliphatic carbocycles. The van der Waals surface area contributed by atoms with Gasteiger partial charge in [0.1, 0.15) is 12.4 Å². The number of methoxy groups -OCH3 is 1. The molecule has 0 aromatic carbocycles. The molecule has 5 nitrogen and oxygen atoms in total. The van der Waals surface area contributed by atoms with E-state index in [1.807, 2.05) is 12.1 Å². The summed E-state index contributed by atoms with van der Waals surface area (Å²) < 4.78 is 5.76. The largest absolute Gasteiger partial charge is 0.375 e. The van der Waals surface area contributed by atoms with E-state index in [0.29, 0.717) is 0 Å². The van der Waals surface area contributed by atoms with Crippen molar-refractivity contribution in [3.63, 3.8) is 0 Å². The molecular formula is C12H16BrN3O2. The fraction of sp³-hybridized carbons (Fsp3) is 0.500. The molecule has 1 atom stereocenters. The maximum atomic E-state index is 11.4. The normalized spacial score (nSPS) is 19.0. The Morgan fingerprint density at radius 1 is 1.67 bits per heavy atom. The summed E-state index contributed by atoms with van der Waals surface area (Å²) in [6.07, 6.45) is 2.72. The molecular weight excluding hydrogens is 298 g/mol. The van der Waals surface area contributed by atoms with Gasteiger partial charge < -0.3 is 15.0 Å². The minimum Gasteiger partial charge on any atom is -0.375 e. The minimum absolute atomic E-state index is 0.0619. The summed E-state index contributed by atoms with van der Waals surface area (Å²) in [5, 5.41) is 2.95. The Kier molecular flexibility index (Phi) is 4.54. The number of anilines is 1. The van der Waals surface area contributed by atoms with Crippen molar-refractivity contribution in [1.82, 2.24) is 10.3 Å². The molecule has 2 heterocycles. The lowest BCUT2D eigenvalue weighted by atomic mass is 10.2. The van der Waals surface area contributed by atoms with E-state index in [2.05, 4.69) is 31.1 Å². The number of carbonyl (C=O) groups is 1. The number of amides is 1. The van der Waals surface area contributed by atoms with Crippen LogP contribution in [0.4, 0.5) is 5.82 Å². The Labute approximate surface area is 115 Å². The number of carbonyl (C=O) groups excluding carboxylic acids is 1.